The summed E-state index contributed by atoms with van der Waals surface area (Å²) in [6.45, 7) is 0. The molecule has 0 heterocycles. The first-order valence-corrected chi connectivity index (χ1v) is 7.40. The second-order valence-corrected chi connectivity index (χ2v) is 5.58. The molecule has 3 aromatic carbocycles. The third-order valence-electron chi connectivity index (χ3n) is 3.56. The van der Waals surface area contributed by atoms with Gasteiger partial charge in [0.2, 0.25) is 0 Å². The molecule has 0 saturated carbocycles. The molecule has 0 saturated heterocycles. The lowest BCUT2D eigenvalue weighted by Crippen LogP contribution is -2.14. The summed E-state index contributed by atoms with van der Waals surface area (Å²) >= 11 is 5.58. The van der Waals surface area contributed by atoms with Gasteiger partial charge in [0.25, 0.3) is 5.91 Å². The molecule has 0 spiro atoms. The van der Waals surface area contributed by atoms with Crippen LogP contribution in [-0.4, -0.2) is 5.91 Å². The molecule has 0 atom stereocenters. The van der Waals surface area contributed by atoms with E-state index in [2.05, 4.69) is 5.32 Å². The zero-order valence-corrected chi connectivity index (χ0v) is 12.9. The van der Waals surface area contributed by atoms with Crippen LogP contribution in [0.1, 0.15) is 15.9 Å². The normalized spacial score (nSPS) is 11.5. The van der Waals surface area contributed by atoms with E-state index < -0.39 is 22.7 Å². The highest BCUT2D eigenvalue weighted by molar-refractivity contribution is 6.31. The van der Waals surface area contributed by atoms with E-state index in [4.69, 9.17) is 11.6 Å². The summed E-state index contributed by atoms with van der Waals surface area (Å²) < 4.78 is 38.7. The number of anilines is 1. The molecule has 6 heteroatoms. The zero-order valence-electron chi connectivity index (χ0n) is 12.2. The topological polar surface area (TPSA) is 29.1 Å². The summed E-state index contributed by atoms with van der Waals surface area (Å²) in [6.07, 6.45) is -4.59. The van der Waals surface area contributed by atoms with Crippen LogP contribution in [-0.2, 0) is 6.18 Å². The number of benzene rings is 3. The molecule has 0 aliphatic rings. The maximum atomic E-state index is 12.9. The van der Waals surface area contributed by atoms with Gasteiger partial charge in [0.15, 0.2) is 0 Å². The van der Waals surface area contributed by atoms with E-state index in [1.54, 1.807) is 24.3 Å². The van der Waals surface area contributed by atoms with Crippen molar-refractivity contribution in [2.45, 2.75) is 6.18 Å². The molecule has 0 aliphatic carbocycles. The third kappa shape index (κ3) is 3.21. The minimum atomic E-state index is -4.59. The largest absolute Gasteiger partial charge is 0.417 e. The molecular formula is C18H11ClF3NO. The van der Waals surface area contributed by atoms with E-state index in [1.807, 2.05) is 18.2 Å². The van der Waals surface area contributed by atoms with Crippen LogP contribution in [0.15, 0.2) is 60.7 Å². The van der Waals surface area contributed by atoms with Crippen LogP contribution in [0.25, 0.3) is 10.8 Å². The highest BCUT2D eigenvalue weighted by Crippen LogP contribution is 2.36. The van der Waals surface area contributed by atoms with Gasteiger partial charge in [-0.25, -0.2) is 0 Å². The van der Waals surface area contributed by atoms with Gasteiger partial charge >= 0.3 is 6.18 Å². The fourth-order valence-electron chi connectivity index (χ4n) is 2.44. The van der Waals surface area contributed by atoms with Crippen molar-refractivity contribution >= 4 is 34.0 Å². The van der Waals surface area contributed by atoms with Crippen LogP contribution < -0.4 is 5.32 Å². The predicted molar refractivity (Wildman–Crippen MR) is 88.4 cm³/mol. The standard InChI is InChI=1S/C18H11ClF3NO/c19-16-9-8-12(10-15(16)18(20,21)22)23-17(24)14-7-3-5-11-4-1-2-6-13(11)14/h1-10H,(H,23,24). The van der Waals surface area contributed by atoms with Crippen molar-refractivity contribution in [3.63, 3.8) is 0 Å². The minimum Gasteiger partial charge on any atom is -0.322 e. The Morgan fingerprint density at radius 1 is 0.958 bits per heavy atom. The second kappa shape index (κ2) is 6.17. The lowest BCUT2D eigenvalue weighted by atomic mass is 10.0. The molecule has 1 N–H and O–H groups in total. The number of hydrogen-bond acceptors (Lipinski definition) is 1. The average molecular weight is 350 g/mol. The number of carbonyl (C=O) groups excluding carboxylic acids is 1. The number of carbonyl (C=O) groups is 1. The highest BCUT2D eigenvalue weighted by Gasteiger charge is 2.33. The lowest BCUT2D eigenvalue weighted by molar-refractivity contribution is -0.137. The molecule has 0 fully saturated rings. The number of rotatable bonds is 2. The smallest absolute Gasteiger partial charge is 0.322 e. The van der Waals surface area contributed by atoms with Crippen molar-refractivity contribution in [3.05, 3.63) is 76.8 Å². The van der Waals surface area contributed by atoms with Crippen molar-refractivity contribution < 1.29 is 18.0 Å². The quantitative estimate of drug-likeness (QED) is 0.625. The van der Waals surface area contributed by atoms with E-state index in [-0.39, 0.29) is 5.69 Å². The molecule has 122 valence electrons. The molecular weight excluding hydrogens is 339 g/mol. The van der Waals surface area contributed by atoms with Crippen molar-refractivity contribution in [1.82, 2.24) is 0 Å². The number of fused-ring (bicyclic) bond motifs is 1. The fraction of sp³-hybridized carbons (Fsp3) is 0.0556. The van der Waals surface area contributed by atoms with Crippen molar-refractivity contribution in [2.24, 2.45) is 0 Å². The van der Waals surface area contributed by atoms with Crippen LogP contribution in [0.2, 0.25) is 5.02 Å². The van der Waals surface area contributed by atoms with E-state index in [0.717, 1.165) is 22.9 Å². The van der Waals surface area contributed by atoms with Gasteiger partial charge in [0, 0.05) is 11.3 Å². The summed E-state index contributed by atoms with van der Waals surface area (Å²) in [5, 5.41) is 3.68. The van der Waals surface area contributed by atoms with Crippen LogP contribution in [0.4, 0.5) is 18.9 Å². The Kier molecular flexibility index (Phi) is 4.20. The van der Waals surface area contributed by atoms with Gasteiger partial charge in [-0.2, -0.15) is 13.2 Å². The summed E-state index contributed by atoms with van der Waals surface area (Å²) in [5.74, 6) is -0.484. The molecule has 0 radical (unpaired) electrons. The molecule has 0 bridgehead atoms. The first-order chi connectivity index (χ1) is 11.4. The van der Waals surface area contributed by atoms with Crippen molar-refractivity contribution in [3.8, 4) is 0 Å². The number of halogens is 4. The number of hydrogen-bond donors (Lipinski definition) is 1. The van der Waals surface area contributed by atoms with Gasteiger partial charge in [-0.1, -0.05) is 48.0 Å². The van der Waals surface area contributed by atoms with Crippen LogP contribution in [0, 0.1) is 0 Å². The minimum absolute atomic E-state index is 0.0321. The first kappa shape index (κ1) is 16.3. The molecule has 2 nitrogen and oxygen atoms in total. The van der Waals surface area contributed by atoms with Crippen molar-refractivity contribution in [1.29, 1.82) is 0 Å². The molecule has 24 heavy (non-hydrogen) atoms. The van der Waals surface area contributed by atoms with Gasteiger partial charge in [0.1, 0.15) is 0 Å². The van der Waals surface area contributed by atoms with E-state index in [1.165, 1.54) is 6.07 Å². The van der Waals surface area contributed by atoms with E-state index in [0.29, 0.717) is 5.56 Å². The fourth-order valence-corrected chi connectivity index (χ4v) is 2.67. The van der Waals surface area contributed by atoms with Crippen LogP contribution in [0.5, 0.6) is 0 Å². The lowest BCUT2D eigenvalue weighted by Gasteiger charge is -2.12. The molecule has 0 aliphatic heterocycles. The SMILES string of the molecule is O=C(Nc1ccc(Cl)c(C(F)(F)F)c1)c1cccc2ccccc12. The summed E-state index contributed by atoms with van der Waals surface area (Å²) in [7, 11) is 0. The Morgan fingerprint density at radius 2 is 1.67 bits per heavy atom. The average Bonchev–Trinajstić information content (AvgIpc) is 2.55. The predicted octanol–water partition coefficient (Wildman–Crippen LogP) is 5.76. The van der Waals surface area contributed by atoms with E-state index >= 15 is 0 Å². The van der Waals surface area contributed by atoms with Gasteiger partial charge in [-0.15, -0.1) is 0 Å². The Morgan fingerprint density at radius 3 is 2.42 bits per heavy atom. The van der Waals surface area contributed by atoms with E-state index in [9.17, 15) is 18.0 Å². The molecule has 0 aromatic heterocycles. The Bertz CT molecular complexity index is 916. The van der Waals surface area contributed by atoms with Gasteiger partial charge in [-0.05, 0) is 35.0 Å². The molecule has 1 amide bonds. The Balaban J connectivity index is 1.95. The van der Waals surface area contributed by atoms with Gasteiger partial charge < -0.3 is 5.32 Å². The van der Waals surface area contributed by atoms with Gasteiger partial charge in [0.05, 0.1) is 10.6 Å². The molecule has 3 rings (SSSR count). The second-order valence-electron chi connectivity index (χ2n) is 5.17. The van der Waals surface area contributed by atoms with Crippen molar-refractivity contribution in [2.75, 3.05) is 5.32 Å². The first-order valence-electron chi connectivity index (χ1n) is 7.02. The van der Waals surface area contributed by atoms with Gasteiger partial charge in [-0.3, -0.25) is 4.79 Å². The maximum Gasteiger partial charge on any atom is 0.417 e. The molecule has 3 aromatic rings. The maximum absolute atomic E-state index is 12.9. The zero-order chi connectivity index (χ0) is 17.3. The number of nitrogens with one attached hydrogen (secondary N) is 1. The number of alkyl halides is 3. The summed E-state index contributed by atoms with van der Waals surface area (Å²) in [5.41, 5.74) is -0.568. The summed E-state index contributed by atoms with van der Waals surface area (Å²) in [6, 6.07) is 15.8. The van der Waals surface area contributed by atoms with Crippen LogP contribution >= 0.6 is 11.6 Å². The van der Waals surface area contributed by atoms with Crippen LogP contribution in [0.3, 0.4) is 0 Å². The molecule has 0 unspecified atom stereocenters. The summed E-state index contributed by atoms with van der Waals surface area (Å²) in [4.78, 5) is 12.4. The highest BCUT2D eigenvalue weighted by atomic mass is 35.5. The Labute approximate surface area is 140 Å². The monoisotopic (exact) mass is 349 g/mol. The third-order valence-corrected chi connectivity index (χ3v) is 3.89. The number of amides is 1. The Hall–Kier alpha value is -2.53.